The number of rotatable bonds is 6. The maximum absolute atomic E-state index is 12.4. The second-order valence-electron chi connectivity index (χ2n) is 6.35. The molecule has 8 nitrogen and oxygen atoms in total. The molecule has 1 aliphatic rings. The molecular formula is C19H19N5O3S. The number of benzene rings is 1. The van der Waals surface area contributed by atoms with Crippen molar-refractivity contribution in [2.24, 2.45) is 0 Å². The van der Waals surface area contributed by atoms with Crippen molar-refractivity contribution in [2.45, 2.75) is 18.6 Å². The number of urea groups is 1. The number of amides is 3. The lowest BCUT2D eigenvalue weighted by Gasteiger charge is -2.13. The fraction of sp³-hybridized carbons (Fsp3) is 0.263. The molecule has 3 amide bonds. The van der Waals surface area contributed by atoms with Crippen LogP contribution in [-0.4, -0.2) is 50.4 Å². The van der Waals surface area contributed by atoms with Crippen LogP contribution in [0.3, 0.4) is 0 Å². The number of hydrogen-bond acceptors (Lipinski definition) is 6. The third kappa shape index (κ3) is 3.65. The molecular weight excluding hydrogens is 378 g/mol. The molecule has 1 N–H and O–H groups in total. The summed E-state index contributed by atoms with van der Waals surface area (Å²) < 4.78 is 7.42. The molecule has 3 heterocycles. The summed E-state index contributed by atoms with van der Waals surface area (Å²) in [6.45, 7) is 3.35. The summed E-state index contributed by atoms with van der Waals surface area (Å²) in [6.07, 6.45) is 1.62. The lowest BCUT2D eigenvalue weighted by molar-refractivity contribution is -0.124. The summed E-state index contributed by atoms with van der Waals surface area (Å²) in [5.74, 6) is 1.34. The van der Waals surface area contributed by atoms with Crippen LogP contribution in [0.25, 0.3) is 11.4 Å². The average Bonchev–Trinajstić information content (AvgIpc) is 3.43. The molecule has 0 radical (unpaired) electrons. The molecule has 0 saturated carbocycles. The molecule has 1 fully saturated rings. The topological polar surface area (TPSA) is 93.3 Å². The molecule has 144 valence electrons. The Hall–Kier alpha value is -3.07. The van der Waals surface area contributed by atoms with Gasteiger partial charge in [-0.05, 0) is 24.6 Å². The molecule has 2 aromatic heterocycles. The van der Waals surface area contributed by atoms with Crippen LogP contribution in [0.1, 0.15) is 11.3 Å². The number of nitrogens with zero attached hydrogens (tertiary/aromatic N) is 4. The van der Waals surface area contributed by atoms with E-state index in [0.29, 0.717) is 30.6 Å². The Balaban J connectivity index is 1.60. The van der Waals surface area contributed by atoms with Crippen molar-refractivity contribution in [3.63, 3.8) is 0 Å². The normalized spacial score (nSPS) is 13.8. The average molecular weight is 397 g/mol. The van der Waals surface area contributed by atoms with Gasteiger partial charge in [-0.1, -0.05) is 36.0 Å². The molecule has 1 aromatic carbocycles. The van der Waals surface area contributed by atoms with E-state index in [1.54, 1.807) is 6.26 Å². The van der Waals surface area contributed by atoms with Crippen molar-refractivity contribution in [1.82, 2.24) is 25.0 Å². The van der Waals surface area contributed by atoms with E-state index in [1.165, 1.54) is 16.7 Å². The highest BCUT2D eigenvalue weighted by Gasteiger charge is 2.27. The van der Waals surface area contributed by atoms with Crippen molar-refractivity contribution in [3.05, 3.63) is 54.0 Å². The van der Waals surface area contributed by atoms with E-state index in [0.717, 1.165) is 16.9 Å². The summed E-state index contributed by atoms with van der Waals surface area (Å²) in [6, 6.07) is 11.3. The molecule has 1 aliphatic heterocycles. The van der Waals surface area contributed by atoms with Gasteiger partial charge in [-0.25, -0.2) is 4.79 Å². The Morgan fingerprint density at radius 1 is 1.25 bits per heavy atom. The number of furan rings is 1. The minimum Gasteiger partial charge on any atom is -0.467 e. The van der Waals surface area contributed by atoms with E-state index in [2.05, 4.69) is 15.5 Å². The van der Waals surface area contributed by atoms with Gasteiger partial charge in [-0.3, -0.25) is 14.3 Å². The third-order valence-electron chi connectivity index (χ3n) is 4.48. The maximum Gasteiger partial charge on any atom is 0.324 e. The number of imide groups is 1. The van der Waals surface area contributed by atoms with Crippen LogP contribution in [0.2, 0.25) is 0 Å². The fourth-order valence-electron chi connectivity index (χ4n) is 3.03. The van der Waals surface area contributed by atoms with E-state index in [4.69, 9.17) is 4.42 Å². The lowest BCUT2D eigenvalue weighted by Crippen LogP contribution is -2.35. The number of aromatic nitrogens is 3. The van der Waals surface area contributed by atoms with Crippen molar-refractivity contribution >= 4 is 23.7 Å². The van der Waals surface area contributed by atoms with E-state index in [1.807, 2.05) is 47.9 Å². The molecule has 0 bridgehead atoms. The van der Waals surface area contributed by atoms with Crippen molar-refractivity contribution in [2.75, 3.05) is 18.8 Å². The zero-order valence-electron chi connectivity index (χ0n) is 15.3. The van der Waals surface area contributed by atoms with E-state index >= 15 is 0 Å². The number of thioether (sulfide) groups is 1. The number of aryl methyl sites for hydroxylation is 1. The van der Waals surface area contributed by atoms with Gasteiger partial charge < -0.3 is 9.73 Å². The number of carbonyl (C=O) groups excluding carboxylic acids is 2. The van der Waals surface area contributed by atoms with Crippen LogP contribution < -0.4 is 5.32 Å². The first-order chi connectivity index (χ1) is 13.6. The quantitative estimate of drug-likeness (QED) is 0.643. The molecule has 0 atom stereocenters. The van der Waals surface area contributed by atoms with Crippen molar-refractivity contribution in [3.8, 4) is 11.4 Å². The van der Waals surface area contributed by atoms with Gasteiger partial charge >= 0.3 is 6.03 Å². The molecule has 0 aliphatic carbocycles. The van der Waals surface area contributed by atoms with Gasteiger partial charge in [0, 0.05) is 18.7 Å². The first kappa shape index (κ1) is 18.3. The van der Waals surface area contributed by atoms with Crippen LogP contribution in [0.5, 0.6) is 0 Å². The van der Waals surface area contributed by atoms with E-state index in [9.17, 15) is 9.59 Å². The summed E-state index contributed by atoms with van der Waals surface area (Å²) in [5, 5.41) is 11.9. The molecule has 0 spiro atoms. The monoisotopic (exact) mass is 397 g/mol. The van der Waals surface area contributed by atoms with Gasteiger partial charge in [0.2, 0.25) is 5.91 Å². The minimum atomic E-state index is -0.344. The Bertz CT molecular complexity index is 999. The predicted octanol–water partition coefficient (Wildman–Crippen LogP) is 2.54. The van der Waals surface area contributed by atoms with E-state index in [-0.39, 0.29) is 17.7 Å². The summed E-state index contributed by atoms with van der Waals surface area (Å²) in [5.41, 5.74) is 2.05. The third-order valence-corrected chi connectivity index (χ3v) is 5.43. The molecule has 4 rings (SSSR count). The Labute approximate surface area is 165 Å². The maximum atomic E-state index is 12.4. The minimum absolute atomic E-state index is 0.109. The zero-order chi connectivity index (χ0) is 19.5. The molecule has 28 heavy (non-hydrogen) atoms. The fourth-order valence-corrected chi connectivity index (χ4v) is 3.85. The highest BCUT2D eigenvalue weighted by atomic mass is 32.2. The van der Waals surface area contributed by atoms with Crippen LogP contribution in [0, 0.1) is 6.92 Å². The Morgan fingerprint density at radius 3 is 2.82 bits per heavy atom. The van der Waals surface area contributed by atoms with E-state index < -0.39 is 0 Å². The number of hydrogen-bond donors (Lipinski definition) is 1. The van der Waals surface area contributed by atoms with Gasteiger partial charge in [-0.2, -0.15) is 0 Å². The lowest BCUT2D eigenvalue weighted by atomic mass is 10.1. The van der Waals surface area contributed by atoms with Gasteiger partial charge in [0.25, 0.3) is 0 Å². The SMILES string of the molecule is Cc1ccccc1-c1nnc(SCC(=O)N2CCNC2=O)n1Cc1ccco1. The van der Waals surface area contributed by atoms with Crippen LogP contribution >= 0.6 is 11.8 Å². The van der Waals surface area contributed by atoms with Crippen molar-refractivity contribution in [1.29, 1.82) is 0 Å². The standard InChI is InChI=1S/C19H19N5O3S/c1-13-5-2-3-7-15(13)17-21-22-19(24(17)11-14-6-4-10-27-14)28-12-16(25)23-9-8-20-18(23)26/h2-7,10H,8-9,11-12H2,1H3,(H,20,26). The second kappa shape index (κ2) is 7.89. The zero-order valence-corrected chi connectivity index (χ0v) is 16.1. The Kier molecular flexibility index (Phi) is 5.16. The van der Waals surface area contributed by atoms with Gasteiger partial charge in [0.05, 0.1) is 18.6 Å². The van der Waals surface area contributed by atoms with Crippen molar-refractivity contribution < 1.29 is 14.0 Å². The first-order valence-corrected chi connectivity index (χ1v) is 9.84. The number of nitrogens with one attached hydrogen (secondary N) is 1. The molecule has 0 unspecified atom stereocenters. The van der Waals surface area contributed by atoms with Crippen LogP contribution in [0.15, 0.2) is 52.2 Å². The molecule has 9 heteroatoms. The van der Waals surface area contributed by atoms with Gasteiger partial charge in [0.1, 0.15) is 5.76 Å². The predicted molar refractivity (Wildman–Crippen MR) is 104 cm³/mol. The molecule has 3 aromatic rings. The highest BCUT2D eigenvalue weighted by Crippen LogP contribution is 2.27. The van der Waals surface area contributed by atoms with Crippen LogP contribution in [-0.2, 0) is 11.3 Å². The van der Waals surface area contributed by atoms with Gasteiger partial charge in [-0.15, -0.1) is 10.2 Å². The first-order valence-electron chi connectivity index (χ1n) is 8.86. The summed E-state index contributed by atoms with van der Waals surface area (Å²) in [4.78, 5) is 25.3. The largest absolute Gasteiger partial charge is 0.467 e. The molecule has 1 saturated heterocycles. The summed E-state index contributed by atoms with van der Waals surface area (Å²) in [7, 11) is 0. The smallest absolute Gasteiger partial charge is 0.324 e. The summed E-state index contributed by atoms with van der Waals surface area (Å²) >= 11 is 1.26. The number of carbonyl (C=O) groups is 2. The second-order valence-corrected chi connectivity index (χ2v) is 7.30. The van der Waals surface area contributed by atoms with Gasteiger partial charge in [0.15, 0.2) is 11.0 Å². The Morgan fingerprint density at radius 2 is 2.11 bits per heavy atom. The van der Waals surface area contributed by atoms with Crippen LogP contribution in [0.4, 0.5) is 4.79 Å². The highest BCUT2D eigenvalue weighted by molar-refractivity contribution is 7.99.